The molecule has 24 heavy (non-hydrogen) atoms. The summed E-state index contributed by atoms with van der Waals surface area (Å²) in [6.45, 7) is 6.60. The summed E-state index contributed by atoms with van der Waals surface area (Å²) in [5.74, 6) is 0.556. The lowest BCUT2D eigenvalue weighted by Gasteiger charge is -2.34. The van der Waals surface area contributed by atoms with Crippen molar-refractivity contribution in [2.24, 2.45) is 0 Å². The maximum atomic E-state index is 13.3. The molecular formula is C18H24N4O2. The number of rotatable bonds is 4. The first-order chi connectivity index (χ1) is 11.7. The molecule has 1 saturated heterocycles. The van der Waals surface area contributed by atoms with Crippen LogP contribution in [0.2, 0.25) is 0 Å². The topological polar surface area (TPSA) is 71.3 Å². The van der Waals surface area contributed by atoms with Crippen LogP contribution in [0.5, 0.6) is 0 Å². The number of amides is 1. The van der Waals surface area contributed by atoms with Crippen LogP contribution in [0, 0.1) is 0 Å². The molecule has 1 N–H and O–H groups in total. The Morgan fingerprint density at radius 1 is 1.46 bits per heavy atom. The first kappa shape index (κ1) is 15.6. The van der Waals surface area contributed by atoms with E-state index >= 15 is 0 Å². The molecule has 6 heteroatoms. The fourth-order valence-electron chi connectivity index (χ4n) is 3.49. The van der Waals surface area contributed by atoms with Crippen molar-refractivity contribution in [3.05, 3.63) is 23.0 Å². The molecule has 1 unspecified atom stereocenters. The molecule has 1 aliphatic heterocycles. The maximum absolute atomic E-state index is 13.3. The molecule has 128 valence electrons. The summed E-state index contributed by atoms with van der Waals surface area (Å²) in [4.78, 5) is 19.9. The van der Waals surface area contributed by atoms with Gasteiger partial charge in [0, 0.05) is 37.3 Å². The lowest BCUT2D eigenvalue weighted by molar-refractivity contribution is 0.0657. The normalized spacial score (nSPS) is 21.4. The number of aromatic nitrogens is 2. The van der Waals surface area contributed by atoms with E-state index in [4.69, 9.17) is 4.52 Å². The standard InChI is InChI=1S/C18H24N4O2/c1-3-4-14-16-13(18(23)22-8-7-19-10-11(22)2)9-15(12-5-6-12)20-17(16)24-21-14/h9,11-12,19H,3-8,10H2,1-2H3. The van der Waals surface area contributed by atoms with Gasteiger partial charge in [0.05, 0.1) is 16.6 Å². The predicted molar refractivity (Wildman–Crippen MR) is 91.1 cm³/mol. The zero-order valence-corrected chi connectivity index (χ0v) is 14.3. The Morgan fingerprint density at radius 3 is 3.00 bits per heavy atom. The number of nitrogens with one attached hydrogen (secondary N) is 1. The highest BCUT2D eigenvalue weighted by Gasteiger charge is 2.31. The highest BCUT2D eigenvalue weighted by molar-refractivity contribution is 6.06. The van der Waals surface area contributed by atoms with Crippen molar-refractivity contribution in [1.82, 2.24) is 20.4 Å². The van der Waals surface area contributed by atoms with E-state index in [2.05, 4.69) is 29.3 Å². The quantitative estimate of drug-likeness (QED) is 0.933. The number of fused-ring (bicyclic) bond motifs is 1. The van der Waals surface area contributed by atoms with Gasteiger partial charge in [0.2, 0.25) is 0 Å². The molecule has 4 rings (SSSR count). The molecule has 1 aliphatic carbocycles. The minimum atomic E-state index is 0.0823. The lowest BCUT2D eigenvalue weighted by atomic mass is 10.0. The second-order valence-electron chi connectivity index (χ2n) is 6.98. The highest BCUT2D eigenvalue weighted by Crippen LogP contribution is 2.40. The largest absolute Gasteiger partial charge is 0.336 e. The van der Waals surface area contributed by atoms with Crippen molar-refractivity contribution >= 4 is 17.0 Å². The van der Waals surface area contributed by atoms with Crippen LogP contribution in [0.1, 0.15) is 60.8 Å². The van der Waals surface area contributed by atoms with Crippen molar-refractivity contribution in [2.45, 2.75) is 51.5 Å². The van der Waals surface area contributed by atoms with E-state index in [1.54, 1.807) is 0 Å². The number of pyridine rings is 1. The van der Waals surface area contributed by atoms with E-state index < -0.39 is 0 Å². The van der Waals surface area contributed by atoms with Gasteiger partial charge in [0.1, 0.15) is 0 Å². The van der Waals surface area contributed by atoms with Crippen molar-refractivity contribution < 1.29 is 9.32 Å². The molecule has 1 amide bonds. The molecule has 0 aromatic carbocycles. The second kappa shape index (κ2) is 6.16. The monoisotopic (exact) mass is 328 g/mol. The Kier molecular flexibility index (Phi) is 4.00. The van der Waals surface area contributed by atoms with E-state index in [0.29, 0.717) is 11.6 Å². The summed E-state index contributed by atoms with van der Waals surface area (Å²) >= 11 is 0. The number of carbonyl (C=O) groups is 1. The molecule has 1 atom stereocenters. The summed E-state index contributed by atoms with van der Waals surface area (Å²) < 4.78 is 5.48. The molecule has 2 aliphatic rings. The average Bonchev–Trinajstić information content (AvgIpc) is 3.37. The molecule has 2 aromatic heterocycles. The summed E-state index contributed by atoms with van der Waals surface area (Å²) in [6, 6.07) is 2.18. The third-order valence-corrected chi connectivity index (χ3v) is 5.01. The van der Waals surface area contributed by atoms with Crippen LogP contribution in [0.3, 0.4) is 0 Å². The van der Waals surface area contributed by atoms with Gasteiger partial charge >= 0.3 is 0 Å². The predicted octanol–water partition coefficient (Wildman–Crippen LogP) is 2.49. The van der Waals surface area contributed by atoms with Crippen LogP contribution in [0.15, 0.2) is 10.6 Å². The fourth-order valence-corrected chi connectivity index (χ4v) is 3.49. The minimum absolute atomic E-state index is 0.0823. The number of hydrogen-bond donors (Lipinski definition) is 1. The Labute approximate surface area is 141 Å². The molecule has 2 fully saturated rings. The molecule has 3 heterocycles. The Hall–Kier alpha value is -1.95. The van der Waals surface area contributed by atoms with Gasteiger partial charge in [0.15, 0.2) is 0 Å². The molecule has 6 nitrogen and oxygen atoms in total. The van der Waals surface area contributed by atoms with Gasteiger partial charge < -0.3 is 14.7 Å². The minimum Gasteiger partial charge on any atom is -0.336 e. The Morgan fingerprint density at radius 2 is 2.29 bits per heavy atom. The van der Waals surface area contributed by atoms with Crippen LogP contribution in [-0.2, 0) is 6.42 Å². The maximum Gasteiger partial charge on any atom is 0.259 e. The third kappa shape index (κ3) is 2.69. The summed E-state index contributed by atoms with van der Waals surface area (Å²) in [5, 5.41) is 8.35. The van der Waals surface area contributed by atoms with E-state index in [0.717, 1.165) is 67.7 Å². The molecule has 0 radical (unpaired) electrons. The highest BCUT2D eigenvalue weighted by atomic mass is 16.5. The van der Waals surface area contributed by atoms with Gasteiger partial charge in [0.25, 0.3) is 11.6 Å². The first-order valence-electron chi connectivity index (χ1n) is 9.00. The van der Waals surface area contributed by atoms with Gasteiger partial charge in [-0.15, -0.1) is 0 Å². The van der Waals surface area contributed by atoms with E-state index in [1.807, 2.05) is 11.0 Å². The SMILES string of the molecule is CCCc1noc2nc(C3CC3)cc(C(=O)N3CCNCC3C)c12. The number of aryl methyl sites for hydroxylation is 1. The first-order valence-corrected chi connectivity index (χ1v) is 9.00. The van der Waals surface area contributed by atoms with Crippen molar-refractivity contribution in [1.29, 1.82) is 0 Å². The van der Waals surface area contributed by atoms with E-state index in [-0.39, 0.29) is 11.9 Å². The van der Waals surface area contributed by atoms with E-state index in [9.17, 15) is 4.79 Å². The lowest BCUT2D eigenvalue weighted by Crippen LogP contribution is -2.52. The van der Waals surface area contributed by atoms with Crippen LogP contribution >= 0.6 is 0 Å². The van der Waals surface area contributed by atoms with Gasteiger partial charge in [-0.25, -0.2) is 4.98 Å². The van der Waals surface area contributed by atoms with Gasteiger partial charge in [-0.2, -0.15) is 0 Å². The molecule has 0 bridgehead atoms. The Bertz CT molecular complexity index is 766. The summed E-state index contributed by atoms with van der Waals surface area (Å²) in [7, 11) is 0. The van der Waals surface area contributed by atoms with Gasteiger partial charge in [-0.3, -0.25) is 4.79 Å². The van der Waals surface area contributed by atoms with Crippen LogP contribution < -0.4 is 5.32 Å². The second-order valence-corrected chi connectivity index (χ2v) is 6.98. The van der Waals surface area contributed by atoms with Crippen molar-refractivity contribution in [3.63, 3.8) is 0 Å². The fraction of sp³-hybridized carbons (Fsp3) is 0.611. The summed E-state index contributed by atoms with van der Waals surface area (Å²) in [5.41, 5.74) is 3.08. The number of hydrogen-bond acceptors (Lipinski definition) is 5. The average molecular weight is 328 g/mol. The van der Waals surface area contributed by atoms with E-state index in [1.165, 1.54) is 0 Å². The molecule has 1 saturated carbocycles. The van der Waals surface area contributed by atoms with Crippen LogP contribution in [0.25, 0.3) is 11.1 Å². The van der Waals surface area contributed by atoms with Gasteiger partial charge in [-0.1, -0.05) is 18.5 Å². The molecular weight excluding hydrogens is 304 g/mol. The zero-order chi connectivity index (χ0) is 16.7. The molecule has 2 aromatic rings. The summed E-state index contributed by atoms with van der Waals surface area (Å²) in [6.07, 6.45) is 4.05. The zero-order valence-electron chi connectivity index (χ0n) is 14.3. The van der Waals surface area contributed by atoms with Gasteiger partial charge in [-0.05, 0) is 32.3 Å². The van der Waals surface area contributed by atoms with Crippen molar-refractivity contribution in [3.8, 4) is 0 Å². The number of piperazine rings is 1. The van der Waals surface area contributed by atoms with Crippen LogP contribution in [0.4, 0.5) is 0 Å². The third-order valence-electron chi connectivity index (χ3n) is 5.01. The number of nitrogens with zero attached hydrogens (tertiary/aromatic N) is 3. The van der Waals surface area contributed by atoms with Crippen LogP contribution in [-0.4, -0.2) is 46.6 Å². The smallest absolute Gasteiger partial charge is 0.259 e. The van der Waals surface area contributed by atoms with Crippen molar-refractivity contribution in [2.75, 3.05) is 19.6 Å². The Balaban J connectivity index is 1.81. The number of carbonyl (C=O) groups excluding carboxylic acids is 1. The molecule has 0 spiro atoms.